The Bertz CT molecular complexity index is 270. The van der Waals surface area contributed by atoms with Gasteiger partial charge in [-0.15, -0.1) is 0 Å². The summed E-state index contributed by atoms with van der Waals surface area (Å²) in [4.78, 5) is 12.5. The van der Waals surface area contributed by atoms with E-state index in [-0.39, 0.29) is 11.3 Å². The van der Waals surface area contributed by atoms with Crippen LogP contribution in [0.1, 0.15) is 66.2 Å². The van der Waals surface area contributed by atoms with E-state index in [1.54, 1.807) is 0 Å². The number of hydrogen-bond donors (Lipinski definition) is 2. The third-order valence-corrected chi connectivity index (χ3v) is 4.43. The molecule has 0 spiro atoms. The molecule has 0 aromatic heterocycles. The quantitative estimate of drug-likeness (QED) is 0.745. The molecule has 1 saturated heterocycles. The maximum Gasteiger partial charge on any atom is 0.227 e. The molecule has 0 aromatic rings. The molecule has 0 saturated carbocycles. The Balaban J connectivity index is 2.39. The summed E-state index contributed by atoms with van der Waals surface area (Å²) in [5.74, 6) is 1.02. The lowest BCUT2D eigenvalue weighted by molar-refractivity contribution is -0.133. The average Bonchev–Trinajstić information content (AvgIpc) is 2.39. The van der Waals surface area contributed by atoms with Crippen molar-refractivity contribution in [2.75, 3.05) is 13.1 Å². The van der Waals surface area contributed by atoms with Crippen LogP contribution in [0.4, 0.5) is 0 Å². The van der Waals surface area contributed by atoms with Crippen LogP contribution < -0.4 is 10.6 Å². The molecular formula is C16H32N2O. The van der Waals surface area contributed by atoms with E-state index < -0.39 is 0 Å². The highest BCUT2D eigenvalue weighted by atomic mass is 16.2. The molecule has 19 heavy (non-hydrogen) atoms. The highest BCUT2D eigenvalue weighted by Crippen LogP contribution is 2.30. The van der Waals surface area contributed by atoms with Gasteiger partial charge in [0.15, 0.2) is 0 Å². The number of rotatable bonds is 7. The molecule has 2 N–H and O–H groups in total. The van der Waals surface area contributed by atoms with Crippen molar-refractivity contribution in [3.63, 3.8) is 0 Å². The number of nitrogens with one attached hydrogen (secondary N) is 2. The summed E-state index contributed by atoms with van der Waals surface area (Å²) in [5.41, 5.74) is -0.162. The van der Waals surface area contributed by atoms with Crippen molar-refractivity contribution < 1.29 is 4.79 Å². The van der Waals surface area contributed by atoms with E-state index in [2.05, 4.69) is 38.3 Å². The highest BCUT2D eigenvalue weighted by molar-refractivity contribution is 5.83. The Labute approximate surface area is 118 Å². The van der Waals surface area contributed by atoms with Gasteiger partial charge in [0.25, 0.3) is 0 Å². The van der Waals surface area contributed by atoms with Crippen molar-refractivity contribution in [2.24, 2.45) is 11.3 Å². The van der Waals surface area contributed by atoms with Gasteiger partial charge in [-0.25, -0.2) is 0 Å². The summed E-state index contributed by atoms with van der Waals surface area (Å²) in [6.45, 7) is 10.7. The minimum atomic E-state index is -0.162. The van der Waals surface area contributed by atoms with Crippen molar-refractivity contribution in [3.05, 3.63) is 0 Å². The zero-order chi connectivity index (χ0) is 14.3. The lowest BCUT2D eigenvalue weighted by Crippen LogP contribution is -2.52. The van der Waals surface area contributed by atoms with E-state index in [4.69, 9.17) is 0 Å². The molecule has 1 amide bonds. The van der Waals surface area contributed by atoms with Crippen LogP contribution in [0.25, 0.3) is 0 Å². The smallest absolute Gasteiger partial charge is 0.227 e. The number of carbonyl (C=O) groups excluding carboxylic acids is 1. The molecule has 0 aromatic carbocycles. The van der Waals surface area contributed by atoms with Gasteiger partial charge < -0.3 is 10.6 Å². The van der Waals surface area contributed by atoms with Gasteiger partial charge in [0.1, 0.15) is 0 Å². The minimum Gasteiger partial charge on any atom is -0.353 e. The van der Waals surface area contributed by atoms with Crippen LogP contribution in [-0.4, -0.2) is 25.0 Å². The van der Waals surface area contributed by atoms with Crippen LogP contribution in [0.3, 0.4) is 0 Å². The molecule has 2 atom stereocenters. The summed E-state index contributed by atoms with van der Waals surface area (Å²) in [7, 11) is 0. The predicted molar refractivity (Wildman–Crippen MR) is 81.1 cm³/mol. The highest BCUT2D eigenvalue weighted by Gasteiger charge is 2.38. The fraction of sp³-hybridized carbons (Fsp3) is 0.938. The second kappa shape index (κ2) is 7.88. The molecule has 1 heterocycles. The second-order valence-corrected chi connectivity index (χ2v) is 6.61. The Morgan fingerprint density at radius 3 is 2.58 bits per heavy atom. The number of carbonyl (C=O) groups is 1. The zero-order valence-corrected chi connectivity index (χ0v) is 13.2. The molecule has 1 fully saturated rings. The van der Waals surface area contributed by atoms with Gasteiger partial charge in [0, 0.05) is 12.6 Å². The zero-order valence-electron chi connectivity index (χ0n) is 13.2. The van der Waals surface area contributed by atoms with Crippen molar-refractivity contribution in [3.8, 4) is 0 Å². The van der Waals surface area contributed by atoms with Gasteiger partial charge in [-0.2, -0.15) is 0 Å². The van der Waals surface area contributed by atoms with Gasteiger partial charge in [-0.05, 0) is 45.1 Å². The lowest BCUT2D eigenvalue weighted by atomic mass is 9.77. The third-order valence-electron chi connectivity index (χ3n) is 4.43. The molecule has 1 aliphatic rings. The molecule has 1 aliphatic heterocycles. The molecule has 1 rings (SSSR count). The number of amides is 1. The first-order valence-corrected chi connectivity index (χ1v) is 8.02. The van der Waals surface area contributed by atoms with Gasteiger partial charge in [0.05, 0.1) is 5.41 Å². The molecule has 3 heteroatoms. The molecule has 2 unspecified atom stereocenters. The molecule has 3 nitrogen and oxygen atoms in total. The average molecular weight is 268 g/mol. The SMILES string of the molecule is CCC1(C(=O)NC(C)CCCC(C)C)CCCNC1. The lowest BCUT2D eigenvalue weighted by Gasteiger charge is -2.36. The van der Waals surface area contributed by atoms with Gasteiger partial charge in [0.2, 0.25) is 5.91 Å². The summed E-state index contributed by atoms with van der Waals surface area (Å²) in [5, 5.41) is 6.61. The van der Waals surface area contributed by atoms with E-state index >= 15 is 0 Å². The fourth-order valence-corrected chi connectivity index (χ4v) is 2.91. The van der Waals surface area contributed by atoms with E-state index in [0.717, 1.165) is 44.7 Å². The molecular weight excluding hydrogens is 236 g/mol. The Morgan fingerprint density at radius 1 is 1.32 bits per heavy atom. The van der Waals surface area contributed by atoms with Crippen LogP contribution in [0.2, 0.25) is 0 Å². The minimum absolute atomic E-state index is 0.162. The van der Waals surface area contributed by atoms with E-state index in [1.807, 2.05) is 0 Å². The third kappa shape index (κ3) is 5.13. The van der Waals surface area contributed by atoms with Crippen LogP contribution in [0.5, 0.6) is 0 Å². The fourth-order valence-electron chi connectivity index (χ4n) is 2.91. The second-order valence-electron chi connectivity index (χ2n) is 6.61. The first-order valence-electron chi connectivity index (χ1n) is 8.02. The van der Waals surface area contributed by atoms with E-state index in [9.17, 15) is 4.79 Å². The monoisotopic (exact) mass is 268 g/mol. The molecule has 0 radical (unpaired) electrons. The van der Waals surface area contributed by atoms with Crippen molar-refractivity contribution in [2.45, 2.75) is 72.3 Å². The summed E-state index contributed by atoms with van der Waals surface area (Å²) < 4.78 is 0. The Hall–Kier alpha value is -0.570. The number of piperidine rings is 1. The standard InChI is InChI=1S/C16H32N2O/c1-5-16(10-7-11-17-12-16)15(19)18-14(4)9-6-8-13(2)3/h13-14,17H,5-12H2,1-4H3,(H,18,19). The normalized spacial score (nSPS) is 25.3. The molecule has 112 valence electrons. The van der Waals surface area contributed by atoms with Crippen LogP contribution >= 0.6 is 0 Å². The summed E-state index contributed by atoms with van der Waals surface area (Å²) >= 11 is 0. The van der Waals surface area contributed by atoms with Crippen molar-refractivity contribution in [1.29, 1.82) is 0 Å². The van der Waals surface area contributed by atoms with Crippen molar-refractivity contribution >= 4 is 5.91 Å². The number of hydrogen-bond acceptors (Lipinski definition) is 2. The first kappa shape index (κ1) is 16.5. The van der Waals surface area contributed by atoms with E-state index in [1.165, 1.54) is 12.8 Å². The van der Waals surface area contributed by atoms with Gasteiger partial charge >= 0.3 is 0 Å². The molecule has 0 aliphatic carbocycles. The van der Waals surface area contributed by atoms with Crippen molar-refractivity contribution in [1.82, 2.24) is 10.6 Å². The Morgan fingerprint density at radius 2 is 2.05 bits per heavy atom. The Kier molecular flexibility index (Phi) is 6.84. The maximum atomic E-state index is 12.5. The van der Waals surface area contributed by atoms with Gasteiger partial charge in [-0.3, -0.25) is 4.79 Å². The predicted octanol–water partition coefficient (Wildman–Crippen LogP) is 3.10. The first-order chi connectivity index (χ1) is 9.00. The topological polar surface area (TPSA) is 41.1 Å². The summed E-state index contributed by atoms with van der Waals surface area (Å²) in [6.07, 6.45) is 6.63. The van der Waals surface area contributed by atoms with E-state index in [0.29, 0.717) is 6.04 Å². The van der Waals surface area contributed by atoms with Crippen LogP contribution in [0.15, 0.2) is 0 Å². The molecule has 0 bridgehead atoms. The van der Waals surface area contributed by atoms with Crippen LogP contribution in [0, 0.1) is 11.3 Å². The maximum absolute atomic E-state index is 12.5. The van der Waals surface area contributed by atoms with Gasteiger partial charge in [-0.1, -0.05) is 33.6 Å². The van der Waals surface area contributed by atoms with Crippen LogP contribution in [-0.2, 0) is 4.79 Å². The largest absolute Gasteiger partial charge is 0.353 e. The summed E-state index contributed by atoms with van der Waals surface area (Å²) in [6, 6.07) is 0.302.